The number of methoxy groups -OCH3 is 1. The lowest BCUT2D eigenvalue weighted by atomic mass is 9.87. The zero-order valence-electron chi connectivity index (χ0n) is 15.7. The first-order valence-corrected chi connectivity index (χ1v) is 9.71. The van der Waals surface area contributed by atoms with E-state index in [4.69, 9.17) is 4.74 Å². The van der Waals surface area contributed by atoms with Gasteiger partial charge in [0.25, 0.3) is 10.0 Å². The lowest BCUT2D eigenvalue weighted by Crippen LogP contribution is -2.22. The monoisotopic (exact) mass is 393 g/mol. The van der Waals surface area contributed by atoms with E-state index in [2.05, 4.69) is 14.7 Å². The molecule has 1 heterocycles. The van der Waals surface area contributed by atoms with Crippen molar-refractivity contribution >= 4 is 21.6 Å². The number of nitrogens with one attached hydrogen (secondary N) is 1. The SMILES string of the molecule is COc1cc(NS(=O)(=O)c2ccc(CC(=O)C(C)(C)C)cc2)nc(CO)n1. The van der Waals surface area contributed by atoms with Crippen LogP contribution in [0.1, 0.15) is 32.2 Å². The predicted molar refractivity (Wildman–Crippen MR) is 99.9 cm³/mol. The van der Waals surface area contributed by atoms with Gasteiger partial charge in [-0.2, -0.15) is 4.98 Å². The smallest absolute Gasteiger partial charge is 0.263 e. The predicted octanol–water partition coefficient (Wildman–Crippen LogP) is 1.94. The lowest BCUT2D eigenvalue weighted by molar-refractivity contribution is -0.125. The summed E-state index contributed by atoms with van der Waals surface area (Å²) in [5.74, 6) is 0.213. The molecular formula is C18H23N3O5S. The number of aliphatic hydroxyl groups excluding tert-OH is 1. The summed E-state index contributed by atoms with van der Waals surface area (Å²) in [7, 11) is -2.52. The molecule has 2 N–H and O–H groups in total. The highest BCUT2D eigenvalue weighted by atomic mass is 32.2. The topological polar surface area (TPSA) is 118 Å². The van der Waals surface area contributed by atoms with Crippen molar-refractivity contribution in [2.45, 2.75) is 38.7 Å². The third kappa shape index (κ3) is 5.48. The van der Waals surface area contributed by atoms with E-state index in [1.54, 1.807) is 12.1 Å². The Morgan fingerprint density at radius 1 is 1.19 bits per heavy atom. The van der Waals surface area contributed by atoms with E-state index in [-0.39, 0.29) is 34.6 Å². The van der Waals surface area contributed by atoms with E-state index >= 15 is 0 Å². The van der Waals surface area contributed by atoms with Crippen LogP contribution in [-0.2, 0) is 27.8 Å². The Labute approximate surface area is 158 Å². The molecule has 0 atom stereocenters. The highest BCUT2D eigenvalue weighted by molar-refractivity contribution is 7.92. The van der Waals surface area contributed by atoms with Gasteiger partial charge < -0.3 is 9.84 Å². The second-order valence-electron chi connectivity index (χ2n) is 6.97. The van der Waals surface area contributed by atoms with E-state index in [1.807, 2.05) is 20.8 Å². The fourth-order valence-corrected chi connectivity index (χ4v) is 3.13. The van der Waals surface area contributed by atoms with Crippen LogP contribution in [0, 0.1) is 5.41 Å². The number of ether oxygens (including phenoxy) is 1. The first-order chi connectivity index (χ1) is 12.5. The third-order valence-electron chi connectivity index (χ3n) is 3.77. The summed E-state index contributed by atoms with van der Waals surface area (Å²) in [5, 5.41) is 9.17. The molecule has 0 fully saturated rings. The Kier molecular flexibility index (Phi) is 6.17. The summed E-state index contributed by atoms with van der Waals surface area (Å²) in [4.78, 5) is 19.9. The summed E-state index contributed by atoms with van der Waals surface area (Å²) in [6.45, 7) is 5.07. The molecule has 146 valence electrons. The Bertz CT molecular complexity index is 897. The zero-order chi connectivity index (χ0) is 20.2. The van der Waals surface area contributed by atoms with Crippen LogP contribution < -0.4 is 9.46 Å². The van der Waals surface area contributed by atoms with Crippen molar-refractivity contribution in [1.29, 1.82) is 0 Å². The first kappa shape index (κ1) is 20.8. The molecule has 8 nitrogen and oxygen atoms in total. The normalized spacial score (nSPS) is 11.9. The van der Waals surface area contributed by atoms with E-state index in [1.165, 1.54) is 25.3 Å². The highest BCUT2D eigenvalue weighted by Crippen LogP contribution is 2.21. The Morgan fingerprint density at radius 2 is 1.81 bits per heavy atom. The van der Waals surface area contributed by atoms with Crippen LogP contribution >= 0.6 is 0 Å². The molecule has 0 saturated heterocycles. The molecule has 9 heteroatoms. The molecule has 0 aliphatic heterocycles. The van der Waals surface area contributed by atoms with Crippen molar-refractivity contribution in [2.24, 2.45) is 5.41 Å². The molecule has 27 heavy (non-hydrogen) atoms. The molecule has 0 unspecified atom stereocenters. The number of anilines is 1. The third-order valence-corrected chi connectivity index (χ3v) is 5.14. The van der Waals surface area contributed by atoms with Crippen molar-refractivity contribution < 1.29 is 23.1 Å². The number of sulfonamides is 1. The van der Waals surface area contributed by atoms with Crippen LogP contribution in [0.5, 0.6) is 5.88 Å². The van der Waals surface area contributed by atoms with Gasteiger partial charge in [-0.3, -0.25) is 9.52 Å². The van der Waals surface area contributed by atoms with E-state index in [0.717, 1.165) is 5.56 Å². The summed E-state index contributed by atoms with van der Waals surface area (Å²) >= 11 is 0. The Hall–Kier alpha value is -2.52. The minimum absolute atomic E-state index is 0.0158. The first-order valence-electron chi connectivity index (χ1n) is 8.23. The van der Waals surface area contributed by atoms with Gasteiger partial charge >= 0.3 is 0 Å². The fraction of sp³-hybridized carbons (Fsp3) is 0.389. The van der Waals surface area contributed by atoms with E-state index in [0.29, 0.717) is 0 Å². The fourth-order valence-electron chi connectivity index (χ4n) is 2.13. The Balaban J connectivity index is 2.21. The molecule has 0 bridgehead atoms. The summed E-state index contributed by atoms with van der Waals surface area (Å²) in [5.41, 5.74) is 0.281. The molecule has 0 amide bonds. The van der Waals surface area contributed by atoms with Gasteiger partial charge in [0.2, 0.25) is 5.88 Å². The number of carbonyl (C=O) groups is 1. The van der Waals surface area contributed by atoms with Gasteiger partial charge in [0.15, 0.2) is 5.82 Å². The van der Waals surface area contributed by atoms with Crippen LogP contribution in [0.15, 0.2) is 35.2 Å². The number of ketones is 1. The number of aliphatic hydroxyl groups is 1. The largest absolute Gasteiger partial charge is 0.481 e. The quantitative estimate of drug-likeness (QED) is 0.738. The molecule has 0 radical (unpaired) electrons. The number of carbonyl (C=O) groups excluding carboxylic acids is 1. The van der Waals surface area contributed by atoms with Gasteiger partial charge in [0.05, 0.1) is 12.0 Å². The molecule has 0 saturated carbocycles. The summed E-state index contributed by atoms with van der Waals surface area (Å²) in [6.07, 6.45) is 0.236. The van der Waals surface area contributed by atoms with Crippen molar-refractivity contribution in [3.8, 4) is 5.88 Å². The zero-order valence-corrected chi connectivity index (χ0v) is 16.5. The number of hydrogen-bond acceptors (Lipinski definition) is 7. The van der Waals surface area contributed by atoms with Crippen LogP contribution in [0.3, 0.4) is 0 Å². The number of Topliss-reactive ketones (excluding diaryl/α,β-unsaturated/α-hetero) is 1. The van der Waals surface area contributed by atoms with Gasteiger partial charge in [-0.15, -0.1) is 0 Å². The molecule has 0 aliphatic carbocycles. The molecule has 0 spiro atoms. The molecule has 1 aromatic carbocycles. The van der Waals surface area contributed by atoms with Gasteiger partial charge in [0.1, 0.15) is 18.2 Å². The van der Waals surface area contributed by atoms with Crippen LogP contribution in [-0.4, -0.2) is 36.4 Å². The number of benzene rings is 1. The second kappa shape index (κ2) is 8.01. The van der Waals surface area contributed by atoms with Crippen molar-refractivity contribution in [3.63, 3.8) is 0 Å². The lowest BCUT2D eigenvalue weighted by Gasteiger charge is -2.16. The maximum Gasteiger partial charge on any atom is 0.263 e. The van der Waals surface area contributed by atoms with Gasteiger partial charge in [-0.25, -0.2) is 13.4 Å². The molecule has 0 aliphatic rings. The number of aromatic nitrogens is 2. The number of nitrogens with zero attached hydrogens (tertiary/aromatic N) is 2. The van der Waals surface area contributed by atoms with Crippen molar-refractivity contribution in [3.05, 3.63) is 41.7 Å². The van der Waals surface area contributed by atoms with E-state index < -0.39 is 22.0 Å². The van der Waals surface area contributed by atoms with Crippen LogP contribution in [0.4, 0.5) is 5.82 Å². The van der Waals surface area contributed by atoms with Crippen LogP contribution in [0.25, 0.3) is 0 Å². The average molecular weight is 393 g/mol. The minimum Gasteiger partial charge on any atom is -0.481 e. The standard InChI is InChI=1S/C18H23N3O5S/c1-18(2,3)14(23)9-12-5-7-13(8-6-12)27(24,25)21-15-10-17(26-4)20-16(11-22)19-15/h5-8,10,22H,9,11H2,1-4H3,(H,19,20,21). The van der Waals surface area contributed by atoms with Crippen molar-refractivity contribution in [1.82, 2.24) is 9.97 Å². The van der Waals surface area contributed by atoms with Crippen molar-refractivity contribution in [2.75, 3.05) is 11.8 Å². The van der Waals surface area contributed by atoms with Crippen LogP contribution in [0.2, 0.25) is 0 Å². The van der Waals surface area contributed by atoms with E-state index in [9.17, 15) is 18.3 Å². The second-order valence-corrected chi connectivity index (χ2v) is 8.65. The molecular weight excluding hydrogens is 370 g/mol. The molecule has 2 aromatic rings. The number of hydrogen-bond donors (Lipinski definition) is 2. The van der Waals surface area contributed by atoms with Gasteiger partial charge in [-0.1, -0.05) is 32.9 Å². The minimum atomic E-state index is -3.90. The summed E-state index contributed by atoms with van der Waals surface area (Å²) < 4.78 is 32.4. The summed E-state index contributed by atoms with van der Waals surface area (Å²) in [6, 6.07) is 7.39. The molecule has 2 rings (SSSR count). The number of rotatable bonds is 7. The maximum atomic E-state index is 12.6. The van der Waals surface area contributed by atoms with Gasteiger partial charge in [0, 0.05) is 17.9 Å². The maximum absolute atomic E-state index is 12.6. The van der Waals surface area contributed by atoms with Gasteiger partial charge in [-0.05, 0) is 17.7 Å². The average Bonchev–Trinajstić information content (AvgIpc) is 2.60. The molecule has 1 aromatic heterocycles. The highest BCUT2D eigenvalue weighted by Gasteiger charge is 2.22. The Morgan fingerprint density at radius 3 is 2.33 bits per heavy atom.